The molecule has 0 saturated carbocycles. The van der Waals surface area contributed by atoms with Crippen LogP contribution in [0.5, 0.6) is 5.75 Å². The number of halogens is 1. The van der Waals surface area contributed by atoms with Crippen molar-refractivity contribution in [2.75, 3.05) is 12.4 Å². The Kier molecular flexibility index (Phi) is 7.61. The molecule has 4 aromatic rings. The van der Waals surface area contributed by atoms with Crippen LogP contribution in [0, 0.1) is 23.6 Å². The van der Waals surface area contributed by atoms with Crippen molar-refractivity contribution < 1.29 is 42.2 Å². The van der Waals surface area contributed by atoms with Gasteiger partial charge in [0, 0.05) is 29.2 Å². The first-order chi connectivity index (χ1) is 22.9. The summed E-state index contributed by atoms with van der Waals surface area (Å²) >= 11 is 0. The number of aliphatic hydroxyl groups is 1. The number of benzene rings is 2. The summed E-state index contributed by atoms with van der Waals surface area (Å²) in [6, 6.07) is 9.04. The molecule has 2 aromatic heterocycles. The average molecular weight is 659 g/mol. The zero-order valence-corrected chi connectivity index (χ0v) is 27.0. The van der Waals surface area contributed by atoms with Crippen LogP contribution < -0.4 is 15.4 Å². The van der Waals surface area contributed by atoms with Crippen LogP contribution in [0.2, 0.25) is 0 Å². The van der Waals surface area contributed by atoms with Gasteiger partial charge in [-0.2, -0.15) is 0 Å². The van der Waals surface area contributed by atoms with Crippen LogP contribution in [0.1, 0.15) is 79.0 Å². The number of nitrogens with zero attached hydrogens (tertiary/aromatic N) is 2. The highest BCUT2D eigenvalue weighted by atomic mass is 19.1. The van der Waals surface area contributed by atoms with Crippen molar-refractivity contribution in [2.24, 2.45) is 17.8 Å². The number of carbonyl (C=O) groups is 3. The number of hydrogen-bond acceptors (Lipinski definition) is 11. The molecule has 5 atom stereocenters. The lowest BCUT2D eigenvalue weighted by molar-refractivity contribution is -0.135. The number of rotatable bonds is 7. The van der Waals surface area contributed by atoms with E-state index in [2.05, 4.69) is 15.6 Å². The maximum Gasteiger partial charge on any atom is 0.360 e. The number of methoxy groups -OCH3 is 1. The smallest absolute Gasteiger partial charge is 0.360 e. The monoisotopic (exact) mass is 658 g/mol. The first-order valence-electron chi connectivity index (χ1n) is 15.9. The summed E-state index contributed by atoms with van der Waals surface area (Å²) in [6.45, 7) is 7.24. The van der Waals surface area contributed by atoms with Crippen molar-refractivity contribution in [3.63, 3.8) is 0 Å². The first kappa shape index (κ1) is 31.6. The van der Waals surface area contributed by atoms with E-state index in [0.29, 0.717) is 28.1 Å². The second-order valence-corrected chi connectivity index (χ2v) is 13.2. The fraction of sp³-hybridized carbons (Fsp3) is 0.400. The molecule has 0 aliphatic carbocycles. The number of aromatic nitrogens is 2. The number of hydrogen-bond donors (Lipinski definition) is 3. The molecule has 250 valence electrons. The third-order valence-corrected chi connectivity index (χ3v) is 9.40. The highest BCUT2D eigenvalue weighted by Gasteiger charge is 2.61. The minimum absolute atomic E-state index is 0.0576. The number of ketones is 1. The summed E-state index contributed by atoms with van der Waals surface area (Å²) in [7, 11) is 1.22. The summed E-state index contributed by atoms with van der Waals surface area (Å²) in [6.07, 6.45) is -0.910. The van der Waals surface area contributed by atoms with Gasteiger partial charge in [0.25, 0.3) is 0 Å². The molecule has 1 amide bonds. The molecule has 48 heavy (non-hydrogen) atoms. The van der Waals surface area contributed by atoms with Gasteiger partial charge in [-0.15, -0.1) is 0 Å². The van der Waals surface area contributed by atoms with Crippen LogP contribution in [0.3, 0.4) is 0 Å². The number of aliphatic hydroxyl groups excluding tert-OH is 1. The maximum absolute atomic E-state index is 15.1. The highest BCUT2D eigenvalue weighted by Crippen LogP contribution is 2.59. The van der Waals surface area contributed by atoms with Gasteiger partial charge in [0.15, 0.2) is 29.2 Å². The summed E-state index contributed by atoms with van der Waals surface area (Å²) in [5, 5.41) is 17.0. The SMILES string of the molecule is COC(=O)c1coc(-c2nc3oc2[C@@]24c5cc(F)ccc5N[C@@H]2Oc2ccc(cc24)CC(CC(=O)[C@@H](O)C(C)C)C(=O)N[C@H]3C(C)C)n1. The van der Waals surface area contributed by atoms with Crippen molar-refractivity contribution in [1.29, 1.82) is 0 Å². The van der Waals surface area contributed by atoms with Crippen LogP contribution in [-0.4, -0.2) is 52.2 Å². The summed E-state index contributed by atoms with van der Waals surface area (Å²) in [5.41, 5.74) is 1.14. The number of fused-ring (bicyclic) bond motifs is 4. The summed E-state index contributed by atoms with van der Waals surface area (Å²) in [5.74, 6) is -2.72. The molecule has 1 spiro atoms. The molecule has 3 aliphatic heterocycles. The standard InChI is InChI=1S/C35H35FN4O8/c1-15(2)26-32-40-27(31-37-23(14-46-31)33(44)45-5)29(48-32)35-20-13-19(36)7-8-22(20)38-34(35)47-25-9-6-17(11-21(25)35)10-18(30(43)39-26)12-24(41)28(42)16(3)4/h6-9,11,13-16,18,26,28,34,38,42H,10,12H2,1-5H3,(H,39,43)/t18?,26-,28-,34+,35-/m0/s1. The number of Topliss-reactive ketones (excluding diaryl/α,β-unsaturated/α-hetero) is 1. The molecule has 3 aliphatic rings. The molecule has 12 nitrogen and oxygen atoms in total. The number of ether oxygens (including phenoxy) is 2. The number of anilines is 1. The molecule has 0 radical (unpaired) electrons. The fourth-order valence-electron chi connectivity index (χ4n) is 6.89. The molecule has 4 bridgehead atoms. The Balaban J connectivity index is 1.49. The van der Waals surface area contributed by atoms with Gasteiger partial charge in [-0.3, -0.25) is 9.59 Å². The molecule has 0 fully saturated rings. The molecule has 3 N–H and O–H groups in total. The Hall–Kier alpha value is -5.04. The largest absolute Gasteiger partial charge is 0.469 e. The van der Waals surface area contributed by atoms with Gasteiger partial charge < -0.3 is 34.0 Å². The lowest BCUT2D eigenvalue weighted by Gasteiger charge is -2.28. The number of amides is 1. The van der Waals surface area contributed by atoms with Crippen molar-refractivity contribution >= 4 is 23.3 Å². The van der Waals surface area contributed by atoms with Gasteiger partial charge >= 0.3 is 5.97 Å². The van der Waals surface area contributed by atoms with E-state index in [4.69, 9.17) is 23.3 Å². The Morgan fingerprint density at radius 2 is 1.90 bits per heavy atom. The quantitative estimate of drug-likeness (QED) is 0.236. The summed E-state index contributed by atoms with van der Waals surface area (Å²) in [4.78, 5) is 48.7. The van der Waals surface area contributed by atoms with Gasteiger partial charge in [0.05, 0.1) is 7.11 Å². The zero-order chi connectivity index (χ0) is 34.1. The molecule has 1 unspecified atom stereocenters. The molecular weight excluding hydrogens is 623 g/mol. The number of esters is 1. The normalized spacial score (nSPS) is 22.9. The molecule has 13 heteroatoms. The van der Waals surface area contributed by atoms with Gasteiger partial charge in [-0.1, -0.05) is 39.8 Å². The van der Waals surface area contributed by atoms with Gasteiger partial charge in [0.2, 0.25) is 17.7 Å². The Labute approximate surface area is 275 Å². The lowest BCUT2D eigenvalue weighted by atomic mass is 9.72. The first-order valence-corrected chi connectivity index (χ1v) is 15.9. The molecule has 7 rings (SSSR count). The molecule has 0 saturated heterocycles. The minimum Gasteiger partial charge on any atom is -0.469 e. The number of carbonyl (C=O) groups excluding carboxylic acids is 3. The van der Waals surface area contributed by atoms with Crippen LogP contribution in [0.15, 0.2) is 51.5 Å². The Morgan fingerprint density at radius 3 is 2.62 bits per heavy atom. The van der Waals surface area contributed by atoms with E-state index < -0.39 is 53.2 Å². The van der Waals surface area contributed by atoms with E-state index in [1.165, 1.54) is 19.2 Å². The van der Waals surface area contributed by atoms with E-state index in [-0.39, 0.29) is 53.6 Å². The topological polar surface area (TPSA) is 166 Å². The molecular formula is C35H35FN4O8. The third-order valence-electron chi connectivity index (χ3n) is 9.40. The van der Waals surface area contributed by atoms with Gasteiger partial charge in [0.1, 0.15) is 35.4 Å². The van der Waals surface area contributed by atoms with E-state index in [9.17, 15) is 19.5 Å². The van der Waals surface area contributed by atoms with Gasteiger partial charge in [-0.25, -0.2) is 19.2 Å². The van der Waals surface area contributed by atoms with Crippen molar-refractivity contribution in [3.8, 4) is 17.3 Å². The van der Waals surface area contributed by atoms with E-state index in [1.54, 1.807) is 26.0 Å². The van der Waals surface area contributed by atoms with Gasteiger partial charge in [-0.05, 0) is 48.1 Å². The van der Waals surface area contributed by atoms with Crippen LogP contribution in [-0.2, 0) is 26.2 Å². The van der Waals surface area contributed by atoms with Crippen molar-refractivity contribution in [3.05, 3.63) is 82.5 Å². The predicted molar refractivity (Wildman–Crippen MR) is 167 cm³/mol. The third kappa shape index (κ3) is 4.86. The van der Waals surface area contributed by atoms with Crippen LogP contribution >= 0.6 is 0 Å². The highest BCUT2D eigenvalue weighted by molar-refractivity contribution is 5.90. The van der Waals surface area contributed by atoms with Crippen LogP contribution in [0.25, 0.3) is 11.6 Å². The van der Waals surface area contributed by atoms with E-state index in [0.717, 1.165) is 6.26 Å². The molecule has 2 aromatic carbocycles. The van der Waals surface area contributed by atoms with Crippen molar-refractivity contribution in [2.45, 2.75) is 64.3 Å². The predicted octanol–water partition coefficient (Wildman–Crippen LogP) is 4.70. The number of oxazole rings is 2. The Bertz CT molecular complexity index is 1950. The minimum atomic E-state index is -1.33. The van der Waals surface area contributed by atoms with E-state index in [1.807, 2.05) is 26.0 Å². The lowest BCUT2D eigenvalue weighted by Crippen LogP contribution is -2.41. The van der Waals surface area contributed by atoms with Crippen LogP contribution in [0.4, 0.5) is 10.1 Å². The van der Waals surface area contributed by atoms with Crippen molar-refractivity contribution in [1.82, 2.24) is 15.3 Å². The summed E-state index contributed by atoms with van der Waals surface area (Å²) < 4.78 is 38.9. The Morgan fingerprint density at radius 1 is 1.10 bits per heavy atom. The maximum atomic E-state index is 15.1. The molecule has 5 heterocycles. The number of nitrogens with one attached hydrogen (secondary N) is 2. The second kappa shape index (κ2) is 11.6. The second-order valence-electron chi connectivity index (χ2n) is 13.2. The zero-order valence-electron chi connectivity index (χ0n) is 27.0. The fourth-order valence-corrected chi connectivity index (χ4v) is 6.89. The van der Waals surface area contributed by atoms with E-state index >= 15 is 4.39 Å². The average Bonchev–Trinajstić information content (AvgIpc) is 3.83.